The van der Waals surface area contributed by atoms with Crippen LogP contribution in [0.15, 0.2) is 47.1 Å². The number of hydrogen-bond donors (Lipinski definition) is 0. The Bertz CT molecular complexity index is 950. The van der Waals surface area contributed by atoms with Gasteiger partial charge in [-0.05, 0) is 37.3 Å². The molecule has 0 bridgehead atoms. The van der Waals surface area contributed by atoms with Crippen LogP contribution in [0.25, 0.3) is 11.5 Å². The van der Waals surface area contributed by atoms with Gasteiger partial charge in [0.05, 0.1) is 12.1 Å². The summed E-state index contributed by atoms with van der Waals surface area (Å²) in [7, 11) is 0. The fourth-order valence-corrected chi connectivity index (χ4v) is 3.30. The Morgan fingerprint density at radius 1 is 1.11 bits per heavy atom. The number of rotatable bonds is 4. The van der Waals surface area contributed by atoms with E-state index < -0.39 is 0 Å². The lowest BCUT2D eigenvalue weighted by Crippen LogP contribution is -2.49. The van der Waals surface area contributed by atoms with Crippen molar-refractivity contribution in [3.05, 3.63) is 59.2 Å². The zero-order valence-electron chi connectivity index (χ0n) is 15.5. The molecule has 3 aromatic rings. The van der Waals surface area contributed by atoms with Gasteiger partial charge in [-0.3, -0.25) is 4.79 Å². The summed E-state index contributed by atoms with van der Waals surface area (Å²) in [4.78, 5) is 29.7. The Labute approximate surface area is 168 Å². The summed E-state index contributed by atoms with van der Waals surface area (Å²) in [6.45, 7) is 4.53. The van der Waals surface area contributed by atoms with Gasteiger partial charge in [0, 0.05) is 49.2 Å². The largest absolute Gasteiger partial charge is 0.441 e. The van der Waals surface area contributed by atoms with E-state index in [1.807, 2.05) is 24.0 Å². The lowest BCUT2D eigenvalue weighted by atomic mass is 10.2. The first-order valence-corrected chi connectivity index (χ1v) is 9.50. The van der Waals surface area contributed by atoms with Gasteiger partial charge in [-0.1, -0.05) is 11.6 Å². The molecule has 0 aliphatic carbocycles. The van der Waals surface area contributed by atoms with Gasteiger partial charge in [0.1, 0.15) is 5.76 Å². The van der Waals surface area contributed by atoms with E-state index in [-0.39, 0.29) is 12.3 Å². The van der Waals surface area contributed by atoms with Crippen molar-refractivity contribution in [2.24, 2.45) is 0 Å². The lowest BCUT2D eigenvalue weighted by Gasteiger charge is -2.34. The maximum atomic E-state index is 12.7. The Hall–Kier alpha value is -2.93. The summed E-state index contributed by atoms with van der Waals surface area (Å²) in [5.74, 6) is 1.92. The molecule has 144 valence electrons. The number of amides is 1. The number of oxazole rings is 1. The van der Waals surface area contributed by atoms with E-state index in [1.54, 1.807) is 30.6 Å². The Kier molecular flexibility index (Phi) is 5.25. The molecule has 0 radical (unpaired) electrons. The molecular formula is C20H20ClN5O2. The highest BCUT2D eigenvalue weighted by atomic mass is 35.5. The van der Waals surface area contributed by atoms with Crippen molar-refractivity contribution < 1.29 is 9.21 Å². The number of piperazine rings is 1. The standard InChI is InChI=1S/C20H20ClN5O2/c1-14-17(24-19(28-14)15-3-5-16(21)6-4-15)13-18(27)25-9-11-26(12-10-25)20-22-7-2-8-23-20/h2-8H,9-13H2,1H3. The van der Waals surface area contributed by atoms with E-state index in [0.29, 0.717) is 54.5 Å². The molecule has 0 N–H and O–H groups in total. The zero-order chi connectivity index (χ0) is 19.5. The summed E-state index contributed by atoms with van der Waals surface area (Å²) in [6.07, 6.45) is 3.68. The van der Waals surface area contributed by atoms with Crippen molar-refractivity contribution in [2.75, 3.05) is 31.1 Å². The summed E-state index contributed by atoms with van der Waals surface area (Å²) in [5.41, 5.74) is 1.51. The first-order chi connectivity index (χ1) is 13.6. The van der Waals surface area contributed by atoms with Crippen LogP contribution in [-0.4, -0.2) is 51.9 Å². The Balaban J connectivity index is 1.38. The van der Waals surface area contributed by atoms with Crippen molar-refractivity contribution >= 4 is 23.5 Å². The third-order valence-corrected chi connectivity index (χ3v) is 5.02. The second kappa shape index (κ2) is 7.98. The Morgan fingerprint density at radius 3 is 2.46 bits per heavy atom. The number of nitrogens with zero attached hydrogens (tertiary/aromatic N) is 5. The number of anilines is 1. The van der Waals surface area contributed by atoms with Crippen molar-refractivity contribution in [3.8, 4) is 11.5 Å². The molecule has 0 unspecified atom stereocenters. The highest BCUT2D eigenvalue weighted by Crippen LogP contribution is 2.24. The topological polar surface area (TPSA) is 75.4 Å². The number of aromatic nitrogens is 3. The zero-order valence-corrected chi connectivity index (χ0v) is 16.3. The minimum atomic E-state index is 0.0488. The number of carbonyl (C=O) groups excluding carboxylic acids is 1. The third-order valence-electron chi connectivity index (χ3n) is 4.77. The number of aryl methyl sites for hydroxylation is 1. The fraction of sp³-hybridized carbons (Fsp3) is 0.300. The maximum Gasteiger partial charge on any atom is 0.228 e. The monoisotopic (exact) mass is 397 g/mol. The van der Waals surface area contributed by atoms with Crippen molar-refractivity contribution in [1.29, 1.82) is 0 Å². The van der Waals surface area contributed by atoms with Crippen LogP contribution in [0, 0.1) is 6.92 Å². The van der Waals surface area contributed by atoms with Gasteiger partial charge in [-0.15, -0.1) is 0 Å². The molecule has 8 heteroatoms. The average molecular weight is 398 g/mol. The lowest BCUT2D eigenvalue weighted by molar-refractivity contribution is -0.130. The molecule has 4 rings (SSSR count). The van der Waals surface area contributed by atoms with Crippen LogP contribution in [0.3, 0.4) is 0 Å². The maximum absolute atomic E-state index is 12.7. The first kappa shape index (κ1) is 18.4. The van der Waals surface area contributed by atoms with Crippen LogP contribution in [0.5, 0.6) is 0 Å². The second-order valence-electron chi connectivity index (χ2n) is 6.62. The molecule has 1 fully saturated rings. The van der Waals surface area contributed by atoms with Crippen molar-refractivity contribution in [2.45, 2.75) is 13.3 Å². The predicted octanol–water partition coefficient (Wildman–Crippen LogP) is 2.98. The molecule has 1 saturated heterocycles. The second-order valence-corrected chi connectivity index (χ2v) is 7.06. The van der Waals surface area contributed by atoms with E-state index in [4.69, 9.17) is 16.0 Å². The van der Waals surface area contributed by atoms with E-state index in [2.05, 4.69) is 19.9 Å². The van der Waals surface area contributed by atoms with Crippen LogP contribution in [-0.2, 0) is 11.2 Å². The molecular weight excluding hydrogens is 378 g/mol. The molecule has 0 spiro atoms. The van der Waals surface area contributed by atoms with Gasteiger partial charge in [0.25, 0.3) is 0 Å². The van der Waals surface area contributed by atoms with Crippen molar-refractivity contribution in [3.63, 3.8) is 0 Å². The van der Waals surface area contributed by atoms with E-state index >= 15 is 0 Å². The van der Waals surface area contributed by atoms with Gasteiger partial charge in [0.15, 0.2) is 0 Å². The molecule has 0 atom stereocenters. The average Bonchev–Trinajstić information content (AvgIpc) is 3.09. The minimum absolute atomic E-state index is 0.0488. The summed E-state index contributed by atoms with van der Waals surface area (Å²) >= 11 is 5.93. The number of benzene rings is 1. The predicted molar refractivity (Wildman–Crippen MR) is 106 cm³/mol. The smallest absolute Gasteiger partial charge is 0.228 e. The van der Waals surface area contributed by atoms with Crippen LogP contribution in [0.4, 0.5) is 5.95 Å². The molecule has 0 saturated carbocycles. The van der Waals surface area contributed by atoms with Gasteiger partial charge < -0.3 is 14.2 Å². The van der Waals surface area contributed by atoms with Crippen LogP contribution < -0.4 is 4.90 Å². The van der Waals surface area contributed by atoms with Gasteiger partial charge in [-0.25, -0.2) is 15.0 Å². The van der Waals surface area contributed by atoms with Gasteiger partial charge in [0.2, 0.25) is 17.7 Å². The first-order valence-electron chi connectivity index (χ1n) is 9.12. The molecule has 1 aliphatic rings. The number of halogens is 1. The van der Waals surface area contributed by atoms with E-state index in [1.165, 1.54) is 0 Å². The van der Waals surface area contributed by atoms with Gasteiger partial charge in [-0.2, -0.15) is 0 Å². The summed E-state index contributed by atoms with van der Waals surface area (Å²) in [6, 6.07) is 9.07. The number of hydrogen-bond acceptors (Lipinski definition) is 6. The normalized spacial score (nSPS) is 14.4. The number of carbonyl (C=O) groups is 1. The SMILES string of the molecule is Cc1oc(-c2ccc(Cl)cc2)nc1CC(=O)N1CCN(c2ncccn2)CC1. The molecule has 3 heterocycles. The highest BCUT2D eigenvalue weighted by Gasteiger charge is 2.24. The molecule has 1 aromatic carbocycles. The summed E-state index contributed by atoms with van der Waals surface area (Å²) in [5, 5.41) is 0.655. The highest BCUT2D eigenvalue weighted by molar-refractivity contribution is 6.30. The van der Waals surface area contributed by atoms with Gasteiger partial charge >= 0.3 is 0 Å². The third kappa shape index (κ3) is 3.99. The molecule has 28 heavy (non-hydrogen) atoms. The van der Waals surface area contributed by atoms with Crippen molar-refractivity contribution in [1.82, 2.24) is 19.9 Å². The van der Waals surface area contributed by atoms with E-state index in [9.17, 15) is 4.79 Å². The molecule has 1 aliphatic heterocycles. The molecule has 2 aromatic heterocycles. The summed E-state index contributed by atoms with van der Waals surface area (Å²) < 4.78 is 5.75. The fourth-order valence-electron chi connectivity index (χ4n) is 3.17. The van der Waals surface area contributed by atoms with Crippen LogP contribution >= 0.6 is 11.6 Å². The van der Waals surface area contributed by atoms with Crippen LogP contribution in [0.2, 0.25) is 5.02 Å². The molecule has 1 amide bonds. The minimum Gasteiger partial charge on any atom is -0.441 e. The van der Waals surface area contributed by atoms with E-state index in [0.717, 1.165) is 5.56 Å². The van der Waals surface area contributed by atoms with Crippen LogP contribution in [0.1, 0.15) is 11.5 Å². The quantitative estimate of drug-likeness (QED) is 0.673. The molecule has 7 nitrogen and oxygen atoms in total. The Morgan fingerprint density at radius 2 is 1.79 bits per heavy atom.